The van der Waals surface area contributed by atoms with Crippen molar-refractivity contribution in [2.75, 3.05) is 17.7 Å². The second kappa shape index (κ2) is 8.19. The highest BCUT2D eigenvalue weighted by atomic mass is 16.5. The number of rotatable bonds is 5. The number of hydrogen-bond acceptors (Lipinski definition) is 3. The van der Waals surface area contributed by atoms with Gasteiger partial charge in [0.2, 0.25) is 0 Å². The molecule has 5 heteroatoms. The molecule has 136 valence electrons. The summed E-state index contributed by atoms with van der Waals surface area (Å²) in [7, 11) is 1.56. The van der Waals surface area contributed by atoms with Crippen LogP contribution in [-0.2, 0) is 0 Å². The minimum absolute atomic E-state index is 0.204. The Labute approximate surface area is 158 Å². The molecule has 0 aliphatic rings. The van der Waals surface area contributed by atoms with Gasteiger partial charge in [0.25, 0.3) is 11.8 Å². The molecule has 0 bridgehead atoms. The van der Waals surface area contributed by atoms with Crippen molar-refractivity contribution >= 4 is 23.2 Å². The van der Waals surface area contributed by atoms with Crippen LogP contribution in [0.1, 0.15) is 26.3 Å². The van der Waals surface area contributed by atoms with Crippen LogP contribution in [-0.4, -0.2) is 18.9 Å². The molecule has 0 aliphatic carbocycles. The zero-order chi connectivity index (χ0) is 19.2. The fourth-order valence-electron chi connectivity index (χ4n) is 2.59. The van der Waals surface area contributed by atoms with Crippen molar-refractivity contribution in [1.29, 1.82) is 0 Å². The molecule has 5 nitrogen and oxygen atoms in total. The summed E-state index contributed by atoms with van der Waals surface area (Å²) in [6.45, 7) is 1.89. The van der Waals surface area contributed by atoms with E-state index in [-0.39, 0.29) is 11.8 Å². The van der Waals surface area contributed by atoms with Crippen LogP contribution in [0.5, 0.6) is 5.75 Å². The highest BCUT2D eigenvalue weighted by Crippen LogP contribution is 2.22. The monoisotopic (exact) mass is 360 g/mol. The number of ether oxygens (including phenoxy) is 1. The number of hydrogen-bond donors (Lipinski definition) is 2. The predicted octanol–water partition coefficient (Wildman–Crippen LogP) is 4.51. The van der Waals surface area contributed by atoms with Gasteiger partial charge in [0.15, 0.2) is 0 Å². The number of carbonyl (C=O) groups excluding carboxylic acids is 2. The van der Waals surface area contributed by atoms with Gasteiger partial charge in [-0.3, -0.25) is 9.59 Å². The summed E-state index contributed by atoms with van der Waals surface area (Å²) in [5.41, 5.74) is 3.19. The molecule has 0 aromatic heterocycles. The minimum atomic E-state index is -0.247. The molecule has 0 heterocycles. The van der Waals surface area contributed by atoms with Crippen molar-refractivity contribution < 1.29 is 14.3 Å². The van der Waals surface area contributed by atoms with E-state index in [1.165, 1.54) is 0 Å². The van der Waals surface area contributed by atoms with Crippen molar-refractivity contribution in [3.63, 3.8) is 0 Å². The van der Waals surface area contributed by atoms with E-state index < -0.39 is 0 Å². The smallest absolute Gasteiger partial charge is 0.255 e. The summed E-state index contributed by atoms with van der Waals surface area (Å²) < 4.78 is 5.16. The van der Waals surface area contributed by atoms with Gasteiger partial charge in [0, 0.05) is 22.5 Å². The van der Waals surface area contributed by atoms with E-state index in [4.69, 9.17) is 4.74 Å². The SMILES string of the molecule is COc1cccc(C(=O)Nc2cc(NC(=O)c3ccccc3)ccc2C)c1. The lowest BCUT2D eigenvalue weighted by molar-refractivity contribution is 0.101. The van der Waals surface area contributed by atoms with E-state index in [1.807, 2.05) is 31.2 Å². The molecule has 0 aliphatic heterocycles. The molecular formula is C22H20N2O3. The van der Waals surface area contributed by atoms with Gasteiger partial charge in [-0.1, -0.05) is 30.3 Å². The Bertz CT molecular complexity index is 968. The van der Waals surface area contributed by atoms with Crippen LogP contribution in [0.15, 0.2) is 72.8 Å². The standard InChI is InChI=1S/C22H20N2O3/c1-15-11-12-18(23-21(25)16-7-4-3-5-8-16)14-20(15)24-22(26)17-9-6-10-19(13-17)27-2/h3-14H,1-2H3,(H,23,25)(H,24,26). The predicted molar refractivity (Wildman–Crippen MR) is 107 cm³/mol. The molecule has 2 amide bonds. The molecule has 0 unspecified atom stereocenters. The van der Waals surface area contributed by atoms with Crippen molar-refractivity contribution in [3.05, 3.63) is 89.5 Å². The topological polar surface area (TPSA) is 67.4 Å². The molecule has 27 heavy (non-hydrogen) atoms. The number of benzene rings is 3. The zero-order valence-corrected chi connectivity index (χ0v) is 15.2. The van der Waals surface area contributed by atoms with Gasteiger partial charge >= 0.3 is 0 Å². The first kappa shape index (κ1) is 18.2. The van der Waals surface area contributed by atoms with Gasteiger partial charge in [0.1, 0.15) is 5.75 Å². The van der Waals surface area contributed by atoms with Crippen LogP contribution in [0, 0.1) is 6.92 Å². The largest absolute Gasteiger partial charge is 0.497 e. The van der Waals surface area contributed by atoms with Crippen LogP contribution in [0.3, 0.4) is 0 Å². The number of nitrogens with one attached hydrogen (secondary N) is 2. The summed E-state index contributed by atoms with van der Waals surface area (Å²) >= 11 is 0. The molecule has 2 N–H and O–H groups in total. The molecule has 0 atom stereocenters. The normalized spacial score (nSPS) is 10.1. The quantitative estimate of drug-likeness (QED) is 0.703. The number of methoxy groups -OCH3 is 1. The van der Waals surface area contributed by atoms with E-state index >= 15 is 0 Å². The van der Waals surface area contributed by atoms with Crippen molar-refractivity contribution in [2.45, 2.75) is 6.92 Å². The van der Waals surface area contributed by atoms with E-state index in [1.54, 1.807) is 55.6 Å². The van der Waals surface area contributed by atoms with Crippen molar-refractivity contribution in [3.8, 4) is 5.75 Å². The van der Waals surface area contributed by atoms with Crippen LogP contribution < -0.4 is 15.4 Å². The maximum atomic E-state index is 12.5. The Balaban J connectivity index is 1.77. The third-order valence-electron chi connectivity index (χ3n) is 4.11. The average molecular weight is 360 g/mol. The molecular weight excluding hydrogens is 340 g/mol. The first-order chi connectivity index (χ1) is 13.1. The van der Waals surface area contributed by atoms with Gasteiger partial charge in [-0.05, 0) is 55.0 Å². The summed E-state index contributed by atoms with van der Waals surface area (Å²) in [4.78, 5) is 24.8. The van der Waals surface area contributed by atoms with Crippen molar-refractivity contribution in [2.24, 2.45) is 0 Å². The van der Waals surface area contributed by atoms with Crippen molar-refractivity contribution in [1.82, 2.24) is 0 Å². The molecule has 0 saturated carbocycles. The number of carbonyl (C=O) groups is 2. The van der Waals surface area contributed by atoms with Gasteiger partial charge in [0.05, 0.1) is 7.11 Å². The van der Waals surface area contributed by atoms with Crippen LogP contribution in [0.2, 0.25) is 0 Å². The Kier molecular flexibility index (Phi) is 5.52. The van der Waals surface area contributed by atoms with Crippen LogP contribution >= 0.6 is 0 Å². The van der Waals surface area contributed by atoms with Gasteiger partial charge < -0.3 is 15.4 Å². The molecule has 3 aromatic rings. The third kappa shape index (κ3) is 4.52. The highest BCUT2D eigenvalue weighted by Gasteiger charge is 2.11. The summed E-state index contributed by atoms with van der Waals surface area (Å²) in [6.07, 6.45) is 0. The maximum absolute atomic E-state index is 12.5. The lowest BCUT2D eigenvalue weighted by Crippen LogP contribution is -2.14. The summed E-state index contributed by atoms with van der Waals surface area (Å²) in [5, 5.41) is 5.73. The molecule has 0 saturated heterocycles. The zero-order valence-electron chi connectivity index (χ0n) is 15.2. The summed E-state index contributed by atoms with van der Waals surface area (Å²) in [6, 6.07) is 21.3. The van der Waals surface area contributed by atoms with E-state index in [0.29, 0.717) is 28.3 Å². The van der Waals surface area contributed by atoms with Crippen LogP contribution in [0.4, 0.5) is 11.4 Å². The molecule has 0 spiro atoms. The van der Waals surface area contributed by atoms with Crippen LogP contribution in [0.25, 0.3) is 0 Å². The highest BCUT2D eigenvalue weighted by molar-refractivity contribution is 6.06. The van der Waals surface area contributed by atoms with Gasteiger partial charge in [-0.25, -0.2) is 0 Å². The first-order valence-corrected chi connectivity index (χ1v) is 8.49. The Morgan fingerprint density at radius 1 is 0.778 bits per heavy atom. The molecule has 0 radical (unpaired) electrons. The maximum Gasteiger partial charge on any atom is 0.255 e. The lowest BCUT2D eigenvalue weighted by atomic mass is 10.1. The minimum Gasteiger partial charge on any atom is -0.497 e. The fourth-order valence-corrected chi connectivity index (χ4v) is 2.59. The van der Waals surface area contributed by atoms with E-state index in [2.05, 4.69) is 10.6 Å². The Hall–Kier alpha value is -3.60. The second-order valence-electron chi connectivity index (χ2n) is 6.04. The molecule has 3 aromatic carbocycles. The average Bonchev–Trinajstić information content (AvgIpc) is 2.71. The number of amides is 2. The Morgan fingerprint density at radius 3 is 2.22 bits per heavy atom. The number of aryl methyl sites for hydroxylation is 1. The van der Waals surface area contributed by atoms with E-state index in [0.717, 1.165) is 5.56 Å². The number of anilines is 2. The molecule has 0 fully saturated rings. The second-order valence-corrected chi connectivity index (χ2v) is 6.04. The first-order valence-electron chi connectivity index (χ1n) is 8.49. The fraction of sp³-hybridized carbons (Fsp3) is 0.0909. The molecule has 3 rings (SSSR count). The Morgan fingerprint density at radius 2 is 1.48 bits per heavy atom. The third-order valence-corrected chi connectivity index (χ3v) is 4.11. The van der Waals surface area contributed by atoms with E-state index in [9.17, 15) is 9.59 Å². The lowest BCUT2D eigenvalue weighted by Gasteiger charge is -2.12. The van der Waals surface area contributed by atoms with Gasteiger partial charge in [-0.15, -0.1) is 0 Å². The summed E-state index contributed by atoms with van der Waals surface area (Å²) in [5.74, 6) is 0.163. The van der Waals surface area contributed by atoms with Gasteiger partial charge in [-0.2, -0.15) is 0 Å².